The Morgan fingerprint density at radius 1 is 0.731 bits per heavy atom. The summed E-state index contributed by atoms with van der Waals surface area (Å²) in [5, 5.41) is 0. The highest BCUT2D eigenvalue weighted by atomic mass is 32.3. The van der Waals surface area contributed by atoms with Gasteiger partial charge in [0.1, 0.15) is 6.42 Å². The summed E-state index contributed by atoms with van der Waals surface area (Å²) in [6.45, 7) is 2.11. The lowest BCUT2D eigenvalue weighted by molar-refractivity contribution is 0.473. The summed E-state index contributed by atoms with van der Waals surface area (Å²) in [5.74, 6) is 0.110. The summed E-state index contributed by atoms with van der Waals surface area (Å²) < 4.78 is 6.45. The molecule has 0 spiro atoms. The average molecular weight is 366 g/mol. The molecule has 0 saturated carbocycles. The molecule has 3 aromatic rings. The zero-order valence-electron chi connectivity index (χ0n) is 15.0. The molecule has 0 aliphatic heterocycles. The number of unbranched alkanes of at least 4 members (excludes halogenated alkanes) is 1. The fourth-order valence-electron chi connectivity index (χ4n) is 2.90. The van der Waals surface area contributed by atoms with Crippen LogP contribution in [0, 0.1) is 0 Å². The number of rotatable bonds is 7. The van der Waals surface area contributed by atoms with Crippen molar-refractivity contribution in [2.75, 3.05) is 0 Å². The quantitative estimate of drug-likeness (QED) is 0.434. The van der Waals surface area contributed by atoms with Crippen molar-refractivity contribution >= 4 is 16.3 Å². The predicted octanol–water partition coefficient (Wildman–Crippen LogP) is 6.59. The summed E-state index contributed by atoms with van der Waals surface area (Å²) in [4.78, 5) is 13.8. The lowest BCUT2D eigenvalue weighted by Gasteiger charge is -2.33. The molecule has 0 saturated heterocycles. The fourth-order valence-corrected chi connectivity index (χ4v) is 6.00. The van der Waals surface area contributed by atoms with Gasteiger partial charge < -0.3 is 4.79 Å². The van der Waals surface area contributed by atoms with Crippen LogP contribution in [0.3, 0.4) is 0 Å². The van der Waals surface area contributed by atoms with E-state index in [0.29, 0.717) is 6.42 Å². The molecular formula is C23H25O2S+. The Kier molecular flexibility index (Phi) is 6.13. The summed E-state index contributed by atoms with van der Waals surface area (Å²) in [6, 6.07) is 30.7. The molecule has 0 aromatic heterocycles. The minimum atomic E-state index is -2.05. The van der Waals surface area contributed by atoms with Crippen LogP contribution < -0.4 is 0 Å². The van der Waals surface area contributed by atoms with E-state index in [1.807, 2.05) is 54.6 Å². The molecule has 0 aliphatic rings. The van der Waals surface area contributed by atoms with E-state index >= 15 is 0 Å². The molecule has 0 atom stereocenters. The maximum atomic E-state index is 10.6. The Morgan fingerprint density at radius 3 is 1.46 bits per heavy atom. The van der Waals surface area contributed by atoms with Crippen molar-refractivity contribution < 1.29 is 8.98 Å². The molecular weight excluding hydrogens is 340 g/mol. The van der Waals surface area contributed by atoms with Crippen LogP contribution in [0.25, 0.3) is 0 Å². The lowest BCUT2D eigenvalue weighted by atomic mass is 10.3. The molecule has 0 bridgehead atoms. The molecule has 3 heteroatoms. The summed E-state index contributed by atoms with van der Waals surface area (Å²) >= 11 is 0. The summed E-state index contributed by atoms with van der Waals surface area (Å²) in [7, 11) is -2.05. The van der Waals surface area contributed by atoms with Crippen molar-refractivity contribution in [3.8, 4) is 0 Å². The first-order chi connectivity index (χ1) is 12.8. The maximum Gasteiger partial charge on any atom is 0.495 e. The predicted molar refractivity (Wildman–Crippen MR) is 109 cm³/mol. The van der Waals surface area contributed by atoms with E-state index in [1.54, 1.807) is 0 Å². The highest BCUT2D eigenvalue weighted by Gasteiger charge is 2.41. The Morgan fingerprint density at radius 2 is 1.12 bits per heavy atom. The zero-order chi connectivity index (χ0) is 18.2. The molecule has 0 unspecified atom stereocenters. The molecule has 3 rings (SSSR count). The van der Waals surface area contributed by atoms with Gasteiger partial charge in [0.25, 0.3) is 0 Å². The molecule has 2 nitrogen and oxygen atoms in total. The standard InChI is InChI=1S/C23H24O2S/c1-2-3-19-23(24)25-26(20-13-7-4-8-14-20,21-15-9-5-10-16-21)22-17-11-6-12-18-22/h4-18H,2-3,19H2,1H3/p+1. The number of hydrogen-bond donors (Lipinski definition) is 0. The van der Waals surface area contributed by atoms with Crippen LogP contribution >= 0.6 is 10.3 Å². The summed E-state index contributed by atoms with van der Waals surface area (Å²) in [5.41, 5.74) is 0. The number of benzene rings is 3. The van der Waals surface area contributed by atoms with E-state index in [4.69, 9.17) is 4.18 Å². The van der Waals surface area contributed by atoms with Gasteiger partial charge in [-0.05, 0) is 42.8 Å². The largest absolute Gasteiger partial charge is 0.495 e. The van der Waals surface area contributed by atoms with Crippen molar-refractivity contribution in [1.82, 2.24) is 0 Å². The van der Waals surface area contributed by atoms with Crippen molar-refractivity contribution in [2.24, 2.45) is 0 Å². The molecule has 1 N–H and O–H groups in total. The van der Waals surface area contributed by atoms with Gasteiger partial charge in [0.15, 0.2) is 0 Å². The Bertz CT molecular complexity index is 720. The molecule has 134 valence electrons. The van der Waals surface area contributed by atoms with Crippen LogP contribution in [-0.4, -0.2) is 10.8 Å². The van der Waals surface area contributed by atoms with Crippen LogP contribution in [0.2, 0.25) is 0 Å². The van der Waals surface area contributed by atoms with Crippen molar-refractivity contribution in [2.45, 2.75) is 40.9 Å². The van der Waals surface area contributed by atoms with Gasteiger partial charge in [-0.2, -0.15) is 0 Å². The van der Waals surface area contributed by atoms with Gasteiger partial charge in [0, 0.05) is 0 Å². The smallest absolute Gasteiger partial charge is 0.338 e. The van der Waals surface area contributed by atoms with Crippen LogP contribution in [0.4, 0.5) is 0 Å². The van der Waals surface area contributed by atoms with Crippen LogP contribution in [0.5, 0.6) is 0 Å². The van der Waals surface area contributed by atoms with Crippen LogP contribution in [-0.2, 0) is 4.18 Å². The molecule has 0 fully saturated rings. The maximum absolute atomic E-state index is 10.6. The van der Waals surface area contributed by atoms with Crippen LogP contribution in [0.1, 0.15) is 26.2 Å². The summed E-state index contributed by atoms with van der Waals surface area (Å²) in [6.07, 6.45) is 2.47. The Hall–Kier alpha value is -2.52. The second-order valence-corrected chi connectivity index (χ2v) is 8.77. The molecule has 0 aliphatic carbocycles. The highest BCUT2D eigenvalue weighted by molar-refractivity contribution is 8.30. The molecule has 3 aromatic carbocycles. The molecule has 0 radical (unpaired) electrons. The van der Waals surface area contributed by atoms with Gasteiger partial charge in [-0.3, -0.25) is 4.18 Å². The molecule has 0 heterocycles. The third kappa shape index (κ3) is 3.83. The topological polar surface area (TPSA) is 30.6 Å². The van der Waals surface area contributed by atoms with Gasteiger partial charge in [-0.25, -0.2) is 0 Å². The van der Waals surface area contributed by atoms with Gasteiger partial charge in [0.2, 0.25) is 0 Å². The average Bonchev–Trinajstić information content (AvgIpc) is 2.72. The van der Waals surface area contributed by atoms with Gasteiger partial charge in [-0.15, -0.1) is 0 Å². The second kappa shape index (κ2) is 8.72. The first-order valence-electron chi connectivity index (χ1n) is 9.00. The van der Waals surface area contributed by atoms with E-state index in [1.165, 1.54) is 0 Å². The number of carbonyl (C=O) groups excluding carboxylic acids is 1. The lowest BCUT2D eigenvalue weighted by Crippen LogP contribution is -2.13. The zero-order valence-corrected chi connectivity index (χ0v) is 15.9. The number of hydrogen-bond acceptors (Lipinski definition) is 1. The minimum absolute atomic E-state index is 0.110. The SMILES string of the molecule is CCCCC(=[OH+])OS(c1ccccc1)(c1ccccc1)c1ccccc1. The monoisotopic (exact) mass is 365 g/mol. The van der Waals surface area contributed by atoms with E-state index in [9.17, 15) is 4.79 Å². The first kappa shape index (κ1) is 18.3. The van der Waals surface area contributed by atoms with Gasteiger partial charge in [0.05, 0.1) is 25.0 Å². The second-order valence-electron chi connectivity index (χ2n) is 6.08. The normalized spacial score (nSPS) is 11.7. The third-order valence-corrected chi connectivity index (χ3v) is 7.44. The minimum Gasteiger partial charge on any atom is -0.338 e. The Balaban J connectivity index is 2.19. The Labute approximate surface area is 157 Å². The van der Waals surface area contributed by atoms with E-state index in [2.05, 4.69) is 43.3 Å². The fraction of sp³-hybridized carbons (Fsp3) is 0.174. The van der Waals surface area contributed by atoms with Crippen LogP contribution in [0.15, 0.2) is 106 Å². The van der Waals surface area contributed by atoms with Crippen molar-refractivity contribution in [3.05, 3.63) is 91.0 Å². The highest BCUT2D eigenvalue weighted by Crippen LogP contribution is 2.69. The first-order valence-corrected chi connectivity index (χ1v) is 10.6. The molecule has 0 amide bonds. The van der Waals surface area contributed by atoms with Crippen molar-refractivity contribution in [1.29, 1.82) is 0 Å². The van der Waals surface area contributed by atoms with E-state index in [-0.39, 0.29) is 5.97 Å². The third-order valence-electron chi connectivity index (χ3n) is 4.19. The van der Waals surface area contributed by atoms with Gasteiger partial charge >= 0.3 is 5.97 Å². The van der Waals surface area contributed by atoms with Gasteiger partial charge in [-0.1, -0.05) is 67.9 Å². The van der Waals surface area contributed by atoms with Crippen molar-refractivity contribution in [3.63, 3.8) is 0 Å². The van der Waals surface area contributed by atoms with E-state index < -0.39 is 10.3 Å². The van der Waals surface area contributed by atoms with E-state index in [0.717, 1.165) is 27.5 Å². The molecule has 26 heavy (non-hydrogen) atoms.